The molecule has 1 atom stereocenters. The van der Waals surface area contributed by atoms with Gasteiger partial charge in [-0.3, -0.25) is 0 Å². The zero-order valence-electron chi connectivity index (χ0n) is 10.8. The first kappa shape index (κ1) is 15.8. The van der Waals surface area contributed by atoms with Crippen LogP contribution in [0.4, 0.5) is 0 Å². The molecule has 5 nitrogen and oxygen atoms in total. The fraction of sp³-hybridized carbons (Fsp3) is 0.385. The summed E-state index contributed by atoms with van der Waals surface area (Å²) in [5, 5.41) is 9.97. The summed E-state index contributed by atoms with van der Waals surface area (Å²) in [7, 11) is -2.06. The lowest BCUT2D eigenvalue weighted by molar-refractivity contribution is 0.158. The van der Waals surface area contributed by atoms with Gasteiger partial charge in [0.1, 0.15) is 0 Å². The van der Waals surface area contributed by atoms with Crippen LogP contribution in [0.15, 0.2) is 35.7 Å². The predicted octanol–water partition coefficient (Wildman–Crippen LogP) is 0.974. The number of aliphatic hydroxyl groups is 1. The second-order valence-corrected chi connectivity index (χ2v) is 5.64. The minimum absolute atomic E-state index is 0.0983. The quantitative estimate of drug-likeness (QED) is 0.746. The Hall–Kier alpha value is -1.21. The van der Waals surface area contributed by atoms with Crippen LogP contribution in [-0.2, 0) is 14.8 Å². The monoisotopic (exact) mass is 285 g/mol. The Morgan fingerprint density at radius 1 is 1.37 bits per heavy atom. The summed E-state index contributed by atoms with van der Waals surface area (Å²) in [5.74, 6) is 0. The SMILES string of the molecule is COCC(CCO)NS(=O)(=O)/C=C/c1ccccc1. The van der Waals surface area contributed by atoms with Gasteiger partial charge in [-0.15, -0.1) is 0 Å². The third kappa shape index (κ3) is 6.49. The van der Waals surface area contributed by atoms with Crippen molar-refractivity contribution in [3.63, 3.8) is 0 Å². The standard InChI is InChI=1S/C13H19NO4S/c1-18-11-13(7-9-15)14-19(16,17)10-8-12-5-3-2-4-6-12/h2-6,8,10,13-15H,7,9,11H2,1H3/b10-8+. The van der Waals surface area contributed by atoms with Crippen LogP contribution >= 0.6 is 0 Å². The van der Waals surface area contributed by atoms with Gasteiger partial charge < -0.3 is 9.84 Å². The van der Waals surface area contributed by atoms with Crippen molar-refractivity contribution in [3.8, 4) is 0 Å². The molecule has 106 valence electrons. The number of hydrogen-bond donors (Lipinski definition) is 2. The highest BCUT2D eigenvalue weighted by Crippen LogP contribution is 2.04. The molecule has 1 aromatic rings. The molecule has 0 saturated heterocycles. The van der Waals surface area contributed by atoms with Crippen molar-refractivity contribution >= 4 is 16.1 Å². The van der Waals surface area contributed by atoms with E-state index in [1.165, 1.54) is 13.2 Å². The van der Waals surface area contributed by atoms with E-state index in [4.69, 9.17) is 9.84 Å². The molecule has 0 saturated carbocycles. The van der Waals surface area contributed by atoms with E-state index in [0.717, 1.165) is 11.0 Å². The summed E-state index contributed by atoms with van der Waals surface area (Å²) in [6, 6.07) is 8.72. The molecule has 2 N–H and O–H groups in total. The average Bonchev–Trinajstić information content (AvgIpc) is 2.38. The highest BCUT2D eigenvalue weighted by Gasteiger charge is 2.14. The van der Waals surface area contributed by atoms with E-state index in [1.54, 1.807) is 0 Å². The number of rotatable bonds is 8. The molecule has 0 radical (unpaired) electrons. The molecule has 0 heterocycles. The van der Waals surface area contributed by atoms with Gasteiger partial charge in [0, 0.05) is 25.2 Å². The third-order valence-corrected chi connectivity index (χ3v) is 3.57. The van der Waals surface area contributed by atoms with Crippen molar-refractivity contribution in [2.75, 3.05) is 20.3 Å². The molecule has 0 aromatic heterocycles. The molecule has 0 aliphatic carbocycles. The molecule has 1 aromatic carbocycles. The van der Waals surface area contributed by atoms with Gasteiger partial charge in [0.15, 0.2) is 0 Å². The lowest BCUT2D eigenvalue weighted by Crippen LogP contribution is -2.37. The van der Waals surface area contributed by atoms with Crippen LogP contribution in [0, 0.1) is 0 Å². The van der Waals surface area contributed by atoms with Crippen LogP contribution in [-0.4, -0.2) is 39.9 Å². The van der Waals surface area contributed by atoms with Crippen molar-refractivity contribution in [1.29, 1.82) is 0 Å². The molecule has 6 heteroatoms. The second-order valence-electron chi connectivity index (χ2n) is 4.04. The Labute approximate surface area is 114 Å². The fourth-order valence-corrected chi connectivity index (χ4v) is 2.60. The highest BCUT2D eigenvalue weighted by atomic mass is 32.2. The normalized spacial score (nSPS) is 13.8. The van der Waals surface area contributed by atoms with Crippen molar-refractivity contribution < 1.29 is 18.3 Å². The van der Waals surface area contributed by atoms with Gasteiger partial charge in [0.05, 0.1) is 6.61 Å². The molecule has 0 spiro atoms. The van der Waals surface area contributed by atoms with Gasteiger partial charge in [0.2, 0.25) is 10.0 Å². The van der Waals surface area contributed by atoms with E-state index in [2.05, 4.69) is 4.72 Å². The Morgan fingerprint density at radius 2 is 2.05 bits per heavy atom. The third-order valence-electron chi connectivity index (χ3n) is 2.42. The van der Waals surface area contributed by atoms with Crippen LogP contribution in [0.25, 0.3) is 6.08 Å². The zero-order chi connectivity index (χ0) is 14.1. The maximum absolute atomic E-state index is 11.8. The van der Waals surface area contributed by atoms with Gasteiger partial charge in [-0.25, -0.2) is 13.1 Å². The Kier molecular flexibility index (Phi) is 6.72. The largest absolute Gasteiger partial charge is 0.396 e. The topological polar surface area (TPSA) is 75.6 Å². The summed E-state index contributed by atoms with van der Waals surface area (Å²) >= 11 is 0. The van der Waals surface area contributed by atoms with E-state index >= 15 is 0 Å². The van der Waals surface area contributed by atoms with Gasteiger partial charge in [-0.05, 0) is 18.1 Å². The fourth-order valence-electron chi connectivity index (χ4n) is 1.54. The van der Waals surface area contributed by atoms with Gasteiger partial charge in [-0.2, -0.15) is 0 Å². The van der Waals surface area contributed by atoms with Crippen LogP contribution in [0.3, 0.4) is 0 Å². The molecule has 0 aliphatic rings. The number of methoxy groups -OCH3 is 1. The molecule has 0 aliphatic heterocycles. The molecule has 1 rings (SSSR count). The van der Waals surface area contributed by atoms with Crippen LogP contribution < -0.4 is 4.72 Å². The molecule has 0 bridgehead atoms. The number of ether oxygens (including phenoxy) is 1. The van der Waals surface area contributed by atoms with E-state index in [9.17, 15) is 8.42 Å². The second kappa shape index (κ2) is 8.06. The molecular formula is C13H19NO4S. The summed E-state index contributed by atoms with van der Waals surface area (Å²) in [5.41, 5.74) is 0.804. The number of sulfonamides is 1. The van der Waals surface area contributed by atoms with E-state index in [0.29, 0.717) is 6.42 Å². The lowest BCUT2D eigenvalue weighted by atomic mass is 10.2. The summed E-state index contributed by atoms with van der Waals surface area (Å²) in [6.07, 6.45) is 1.83. The molecule has 0 fully saturated rings. The van der Waals surface area contributed by atoms with Crippen molar-refractivity contribution in [2.45, 2.75) is 12.5 Å². The molecule has 1 unspecified atom stereocenters. The maximum atomic E-state index is 11.8. The predicted molar refractivity (Wildman–Crippen MR) is 74.9 cm³/mol. The average molecular weight is 285 g/mol. The first-order valence-electron chi connectivity index (χ1n) is 5.92. The number of benzene rings is 1. The first-order valence-corrected chi connectivity index (χ1v) is 7.47. The number of aliphatic hydroxyl groups excluding tert-OH is 1. The summed E-state index contributed by atoms with van der Waals surface area (Å²) in [6.45, 7) is 0.123. The summed E-state index contributed by atoms with van der Waals surface area (Å²) in [4.78, 5) is 0. The van der Waals surface area contributed by atoms with Gasteiger partial charge in [0.25, 0.3) is 0 Å². The number of hydrogen-bond acceptors (Lipinski definition) is 4. The van der Waals surface area contributed by atoms with Crippen molar-refractivity contribution in [2.24, 2.45) is 0 Å². The van der Waals surface area contributed by atoms with Crippen LogP contribution in [0.2, 0.25) is 0 Å². The first-order chi connectivity index (χ1) is 9.07. The number of nitrogens with one attached hydrogen (secondary N) is 1. The highest BCUT2D eigenvalue weighted by molar-refractivity contribution is 7.92. The molecule has 19 heavy (non-hydrogen) atoms. The van der Waals surface area contributed by atoms with Gasteiger partial charge >= 0.3 is 0 Å². The van der Waals surface area contributed by atoms with E-state index < -0.39 is 16.1 Å². The minimum atomic E-state index is -3.55. The summed E-state index contributed by atoms with van der Waals surface area (Å²) < 4.78 is 31.0. The minimum Gasteiger partial charge on any atom is -0.396 e. The molecule has 0 amide bonds. The van der Waals surface area contributed by atoms with E-state index in [-0.39, 0.29) is 13.2 Å². The Morgan fingerprint density at radius 3 is 2.63 bits per heavy atom. The molecular weight excluding hydrogens is 266 g/mol. The van der Waals surface area contributed by atoms with Crippen LogP contribution in [0.1, 0.15) is 12.0 Å². The smallest absolute Gasteiger partial charge is 0.234 e. The lowest BCUT2D eigenvalue weighted by Gasteiger charge is -2.15. The Balaban J connectivity index is 2.67. The van der Waals surface area contributed by atoms with Crippen molar-refractivity contribution in [1.82, 2.24) is 4.72 Å². The van der Waals surface area contributed by atoms with Crippen molar-refractivity contribution in [3.05, 3.63) is 41.3 Å². The Bertz CT molecular complexity index is 479. The van der Waals surface area contributed by atoms with Gasteiger partial charge in [-0.1, -0.05) is 30.3 Å². The zero-order valence-corrected chi connectivity index (χ0v) is 11.6. The van der Waals surface area contributed by atoms with E-state index in [1.807, 2.05) is 30.3 Å². The maximum Gasteiger partial charge on any atom is 0.234 e. The van der Waals surface area contributed by atoms with Crippen LogP contribution in [0.5, 0.6) is 0 Å².